The SMILES string of the molecule is CN(Cc1ccccc1F)C(=O)CSc1ccc2c(c1)OCCCO2. The van der Waals surface area contributed by atoms with Gasteiger partial charge >= 0.3 is 0 Å². The van der Waals surface area contributed by atoms with E-state index in [0.717, 1.165) is 22.8 Å². The second kappa shape index (κ2) is 8.25. The van der Waals surface area contributed by atoms with Crippen molar-refractivity contribution in [1.29, 1.82) is 0 Å². The summed E-state index contributed by atoms with van der Waals surface area (Å²) < 4.78 is 24.9. The smallest absolute Gasteiger partial charge is 0.232 e. The first kappa shape index (κ1) is 17.6. The average molecular weight is 361 g/mol. The van der Waals surface area contributed by atoms with Crippen LogP contribution in [-0.4, -0.2) is 36.8 Å². The van der Waals surface area contributed by atoms with Crippen LogP contribution in [0.4, 0.5) is 4.39 Å². The second-order valence-electron chi connectivity index (χ2n) is 5.79. The van der Waals surface area contributed by atoms with Gasteiger partial charge in [-0.05, 0) is 24.3 Å². The van der Waals surface area contributed by atoms with Gasteiger partial charge < -0.3 is 14.4 Å². The number of benzene rings is 2. The molecule has 0 atom stereocenters. The topological polar surface area (TPSA) is 38.8 Å². The van der Waals surface area contributed by atoms with Crippen molar-refractivity contribution in [3.8, 4) is 11.5 Å². The van der Waals surface area contributed by atoms with Crippen LogP contribution in [0.15, 0.2) is 47.4 Å². The number of carbonyl (C=O) groups excluding carboxylic acids is 1. The summed E-state index contributed by atoms with van der Waals surface area (Å²) in [6.45, 7) is 1.54. The fourth-order valence-corrected chi connectivity index (χ4v) is 3.32. The summed E-state index contributed by atoms with van der Waals surface area (Å²) in [5.74, 6) is 1.39. The van der Waals surface area contributed by atoms with E-state index in [1.165, 1.54) is 22.7 Å². The number of rotatable bonds is 5. The van der Waals surface area contributed by atoms with Gasteiger partial charge in [0.25, 0.3) is 0 Å². The fraction of sp³-hybridized carbons (Fsp3) is 0.316. The molecule has 2 aromatic carbocycles. The van der Waals surface area contributed by atoms with Gasteiger partial charge in [-0.15, -0.1) is 11.8 Å². The maximum atomic E-state index is 13.7. The van der Waals surface area contributed by atoms with E-state index in [-0.39, 0.29) is 24.0 Å². The Balaban J connectivity index is 1.57. The van der Waals surface area contributed by atoms with Crippen molar-refractivity contribution in [1.82, 2.24) is 4.90 Å². The Labute approximate surface area is 150 Å². The highest BCUT2D eigenvalue weighted by Crippen LogP contribution is 2.33. The van der Waals surface area contributed by atoms with Crippen molar-refractivity contribution in [3.05, 3.63) is 53.8 Å². The number of hydrogen-bond acceptors (Lipinski definition) is 4. The van der Waals surface area contributed by atoms with Crippen LogP contribution in [0, 0.1) is 5.82 Å². The third-order valence-electron chi connectivity index (χ3n) is 3.87. The van der Waals surface area contributed by atoms with Gasteiger partial charge in [-0.3, -0.25) is 4.79 Å². The number of thioether (sulfide) groups is 1. The van der Waals surface area contributed by atoms with Gasteiger partial charge in [0, 0.05) is 30.5 Å². The minimum absolute atomic E-state index is 0.0552. The molecule has 0 N–H and O–H groups in total. The Kier molecular flexibility index (Phi) is 5.81. The van der Waals surface area contributed by atoms with E-state index >= 15 is 0 Å². The van der Waals surface area contributed by atoms with Crippen LogP contribution < -0.4 is 9.47 Å². The average Bonchev–Trinajstić information content (AvgIpc) is 2.86. The molecular formula is C19H20FNO3S. The van der Waals surface area contributed by atoms with Crippen LogP contribution in [0.2, 0.25) is 0 Å². The molecule has 0 spiro atoms. The molecule has 0 bridgehead atoms. The summed E-state index contributed by atoms with van der Waals surface area (Å²) in [6, 6.07) is 12.2. The second-order valence-corrected chi connectivity index (χ2v) is 6.84. The zero-order chi connectivity index (χ0) is 17.6. The molecule has 1 aliphatic rings. The maximum absolute atomic E-state index is 13.7. The van der Waals surface area contributed by atoms with E-state index in [2.05, 4.69) is 0 Å². The molecule has 0 saturated heterocycles. The minimum Gasteiger partial charge on any atom is -0.490 e. The number of halogens is 1. The highest BCUT2D eigenvalue weighted by Gasteiger charge is 2.14. The molecule has 4 nitrogen and oxygen atoms in total. The van der Waals surface area contributed by atoms with Crippen LogP contribution >= 0.6 is 11.8 Å². The Morgan fingerprint density at radius 3 is 2.72 bits per heavy atom. The minimum atomic E-state index is -0.294. The van der Waals surface area contributed by atoms with Gasteiger partial charge in [0.2, 0.25) is 5.91 Å². The van der Waals surface area contributed by atoms with Gasteiger partial charge in [-0.25, -0.2) is 4.39 Å². The van der Waals surface area contributed by atoms with Crippen LogP contribution in [0.1, 0.15) is 12.0 Å². The number of ether oxygens (including phenoxy) is 2. The Hall–Kier alpha value is -2.21. The lowest BCUT2D eigenvalue weighted by Crippen LogP contribution is -2.28. The molecule has 3 rings (SSSR count). The lowest BCUT2D eigenvalue weighted by molar-refractivity contribution is -0.127. The largest absolute Gasteiger partial charge is 0.490 e. The quantitative estimate of drug-likeness (QED) is 0.761. The molecule has 1 amide bonds. The number of nitrogens with zero attached hydrogens (tertiary/aromatic N) is 1. The first-order valence-electron chi connectivity index (χ1n) is 8.13. The summed E-state index contributed by atoms with van der Waals surface area (Å²) in [5.41, 5.74) is 0.513. The van der Waals surface area contributed by atoms with Crippen LogP contribution in [0.5, 0.6) is 11.5 Å². The van der Waals surface area contributed by atoms with Gasteiger partial charge in [0.1, 0.15) is 5.82 Å². The third kappa shape index (κ3) is 4.66. The van der Waals surface area contributed by atoms with E-state index in [9.17, 15) is 9.18 Å². The van der Waals surface area contributed by atoms with E-state index in [1.807, 2.05) is 18.2 Å². The van der Waals surface area contributed by atoms with Gasteiger partial charge in [-0.2, -0.15) is 0 Å². The van der Waals surface area contributed by atoms with Crippen LogP contribution in [0.3, 0.4) is 0 Å². The lowest BCUT2D eigenvalue weighted by atomic mass is 10.2. The van der Waals surface area contributed by atoms with Gasteiger partial charge in [0.15, 0.2) is 11.5 Å². The highest BCUT2D eigenvalue weighted by atomic mass is 32.2. The molecule has 1 heterocycles. The maximum Gasteiger partial charge on any atom is 0.232 e. The van der Waals surface area contributed by atoms with E-state index < -0.39 is 0 Å². The lowest BCUT2D eigenvalue weighted by Gasteiger charge is -2.17. The van der Waals surface area contributed by atoms with Crippen LogP contribution in [-0.2, 0) is 11.3 Å². The number of amides is 1. The Bertz CT molecular complexity index is 753. The number of carbonyl (C=O) groups is 1. The molecular weight excluding hydrogens is 341 g/mol. The molecule has 0 unspecified atom stereocenters. The van der Waals surface area contributed by atoms with Gasteiger partial charge in [0.05, 0.1) is 19.0 Å². The van der Waals surface area contributed by atoms with E-state index in [0.29, 0.717) is 18.8 Å². The van der Waals surface area contributed by atoms with Crippen molar-refractivity contribution < 1.29 is 18.7 Å². The Morgan fingerprint density at radius 2 is 1.92 bits per heavy atom. The van der Waals surface area contributed by atoms with Crippen molar-refractivity contribution in [2.45, 2.75) is 17.9 Å². The van der Waals surface area contributed by atoms with Crippen molar-refractivity contribution in [2.75, 3.05) is 26.0 Å². The zero-order valence-electron chi connectivity index (χ0n) is 14.0. The highest BCUT2D eigenvalue weighted by molar-refractivity contribution is 8.00. The Morgan fingerprint density at radius 1 is 1.16 bits per heavy atom. The normalized spacial score (nSPS) is 13.2. The zero-order valence-corrected chi connectivity index (χ0v) is 14.9. The molecule has 1 aliphatic heterocycles. The first-order chi connectivity index (χ1) is 12.1. The van der Waals surface area contributed by atoms with E-state index in [1.54, 1.807) is 25.2 Å². The molecule has 132 valence electrons. The van der Waals surface area contributed by atoms with E-state index in [4.69, 9.17) is 9.47 Å². The third-order valence-corrected chi connectivity index (χ3v) is 4.85. The summed E-state index contributed by atoms with van der Waals surface area (Å²) in [5, 5.41) is 0. The number of hydrogen-bond donors (Lipinski definition) is 0. The number of fused-ring (bicyclic) bond motifs is 1. The summed E-state index contributed by atoms with van der Waals surface area (Å²) in [7, 11) is 1.68. The molecule has 6 heteroatoms. The van der Waals surface area contributed by atoms with Crippen molar-refractivity contribution in [2.24, 2.45) is 0 Å². The molecule has 25 heavy (non-hydrogen) atoms. The van der Waals surface area contributed by atoms with Gasteiger partial charge in [-0.1, -0.05) is 18.2 Å². The van der Waals surface area contributed by atoms with Crippen molar-refractivity contribution in [3.63, 3.8) is 0 Å². The molecule has 0 aliphatic carbocycles. The summed E-state index contributed by atoms with van der Waals surface area (Å²) in [4.78, 5) is 14.8. The predicted molar refractivity (Wildman–Crippen MR) is 95.6 cm³/mol. The molecule has 0 saturated carbocycles. The molecule has 0 radical (unpaired) electrons. The summed E-state index contributed by atoms with van der Waals surface area (Å²) in [6.07, 6.45) is 0.858. The fourth-order valence-electron chi connectivity index (χ4n) is 2.46. The monoisotopic (exact) mass is 361 g/mol. The molecule has 0 fully saturated rings. The molecule has 0 aromatic heterocycles. The summed E-state index contributed by atoms with van der Waals surface area (Å²) >= 11 is 1.43. The van der Waals surface area contributed by atoms with Crippen LogP contribution in [0.25, 0.3) is 0 Å². The molecule has 2 aromatic rings. The first-order valence-corrected chi connectivity index (χ1v) is 9.12. The predicted octanol–water partition coefficient (Wildman–Crippen LogP) is 3.74. The van der Waals surface area contributed by atoms with Crippen molar-refractivity contribution >= 4 is 17.7 Å². The standard InChI is InChI=1S/C19H20FNO3S/c1-21(12-14-5-2-3-6-16(14)20)19(22)13-25-15-7-8-17-18(11-15)24-10-4-9-23-17/h2-3,5-8,11H,4,9-10,12-13H2,1H3.